The van der Waals surface area contributed by atoms with Gasteiger partial charge in [-0.1, -0.05) is 13.8 Å². The minimum Gasteiger partial charge on any atom is -0.464 e. The summed E-state index contributed by atoms with van der Waals surface area (Å²) in [6.45, 7) is 3.81. The summed E-state index contributed by atoms with van der Waals surface area (Å²) >= 11 is 0. The first kappa shape index (κ1) is 11.7. The van der Waals surface area contributed by atoms with E-state index in [4.69, 9.17) is 0 Å². The highest BCUT2D eigenvalue weighted by atomic mass is 16.5. The lowest BCUT2D eigenvalue weighted by atomic mass is 10.1. The number of Topliss-reactive ketones (excluding diaryl/α,β-unsaturated/α-hetero) is 1. The van der Waals surface area contributed by atoms with Crippen molar-refractivity contribution in [3.8, 4) is 0 Å². The zero-order valence-corrected chi connectivity index (χ0v) is 8.91. The van der Waals surface area contributed by atoms with E-state index in [0.29, 0.717) is 13.0 Å². The molecule has 1 atom stereocenters. The predicted molar refractivity (Wildman–Crippen MR) is 52.0 cm³/mol. The molecule has 0 aromatic heterocycles. The first-order valence-electron chi connectivity index (χ1n) is 4.99. The molecule has 1 amide bonds. The van der Waals surface area contributed by atoms with E-state index < -0.39 is 17.9 Å². The standard InChI is InChI=1S/C10H15NO4/c1-6(2)8(12)5-9(13)11-7-3-4-15-10(7)14/h6-7H,3-5H2,1-2H3,(H,11,13)/t7-/m0/s1. The van der Waals surface area contributed by atoms with Crippen molar-refractivity contribution in [3.63, 3.8) is 0 Å². The average Bonchev–Trinajstić information content (AvgIpc) is 2.51. The molecule has 0 saturated carbocycles. The summed E-state index contributed by atoms with van der Waals surface area (Å²) in [6.07, 6.45) is 0.321. The number of cyclic esters (lactones) is 1. The average molecular weight is 213 g/mol. The molecule has 0 aromatic carbocycles. The second-order valence-corrected chi connectivity index (χ2v) is 3.87. The van der Waals surface area contributed by atoms with E-state index >= 15 is 0 Å². The highest BCUT2D eigenvalue weighted by Crippen LogP contribution is 2.06. The lowest BCUT2D eigenvalue weighted by molar-refractivity contribution is -0.142. The Morgan fingerprint density at radius 3 is 2.67 bits per heavy atom. The second-order valence-electron chi connectivity index (χ2n) is 3.87. The molecule has 0 aromatic rings. The summed E-state index contributed by atoms with van der Waals surface area (Å²) < 4.78 is 4.68. The Morgan fingerprint density at radius 2 is 2.20 bits per heavy atom. The molecule has 0 unspecified atom stereocenters. The van der Waals surface area contributed by atoms with Gasteiger partial charge in [-0.3, -0.25) is 9.59 Å². The second kappa shape index (κ2) is 4.91. The number of carbonyl (C=O) groups excluding carboxylic acids is 3. The Balaban J connectivity index is 2.36. The van der Waals surface area contributed by atoms with Crippen LogP contribution in [0.3, 0.4) is 0 Å². The maximum atomic E-state index is 11.3. The van der Waals surface area contributed by atoms with E-state index in [1.165, 1.54) is 0 Å². The number of esters is 1. The van der Waals surface area contributed by atoms with Gasteiger partial charge in [0.25, 0.3) is 0 Å². The van der Waals surface area contributed by atoms with Gasteiger partial charge in [0.1, 0.15) is 11.8 Å². The molecule has 0 bridgehead atoms. The van der Waals surface area contributed by atoms with Crippen LogP contribution < -0.4 is 5.32 Å². The number of nitrogens with one attached hydrogen (secondary N) is 1. The number of rotatable bonds is 4. The fourth-order valence-corrected chi connectivity index (χ4v) is 1.23. The van der Waals surface area contributed by atoms with E-state index in [1.807, 2.05) is 0 Å². The molecule has 1 saturated heterocycles. The van der Waals surface area contributed by atoms with Crippen molar-refractivity contribution in [1.82, 2.24) is 5.32 Å². The monoisotopic (exact) mass is 213 g/mol. The van der Waals surface area contributed by atoms with Crippen molar-refractivity contribution in [2.75, 3.05) is 6.61 Å². The number of ketones is 1. The van der Waals surface area contributed by atoms with Crippen molar-refractivity contribution in [2.24, 2.45) is 5.92 Å². The molecule has 0 aliphatic carbocycles. The maximum absolute atomic E-state index is 11.3. The van der Waals surface area contributed by atoms with Gasteiger partial charge in [-0.2, -0.15) is 0 Å². The van der Waals surface area contributed by atoms with Gasteiger partial charge >= 0.3 is 5.97 Å². The molecule has 0 radical (unpaired) electrons. The molecule has 84 valence electrons. The zero-order valence-electron chi connectivity index (χ0n) is 8.91. The van der Waals surface area contributed by atoms with Crippen LogP contribution in [0.25, 0.3) is 0 Å². The molecule has 0 spiro atoms. The van der Waals surface area contributed by atoms with Crippen LogP contribution >= 0.6 is 0 Å². The largest absolute Gasteiger partial charge is 0.464 e. The smallest absolute Gasteiger partial charge is 0.328 e. The van der Waals surface area contributed by atoms with E-state index in [2.05, 4.69) is 10.1 Å². The molecule has 1 N–H and O–H groups in total. The lowest BCUT2D eigenvalue weighted by Gasteiger charge is -2.09. The quantitative estimate of drug-likeness (QED) is 0.528. The van der Waals surface area contributed by atoms with Gasteiger partial charge in [-0.15, -0.1) is 0 Å². The third kappa shape index (κ3) is 3.34. The molecule has 1 aliphatic heterocycles. The molecule has 1 heterocycles. The Hall–Kier alpha value is -1.39. The van der Waals surface area contributed by atoms with Crippen LogP contribution in [0.15, 0.2) is 0 Å². The molecule has 5 heteroatoms. The molecule has 5 nitrogen and oxygen atoms in total. The van der Waals surface area contributed by atoms with Crippen LogP contribution in [0.4, 0.5) is 0 Å². The van der Waals surface area contributed by atoms with Crippen molar-refractivity contribution in [2.45, 2.75) is 32.7 Å². The Morgan fingerprint density at radius 1 is 1.53 bits per heavy atom. The Bertz CT molecular complexity index is 285. The fraction of sp³-hybridized carbons (Fsp3) is 0.700. The minimum absolute atomic E-state index is 0.126. The summed E-state index contributed by atoms with van der Waals surface area (Å²) in [4.78, 5) is 33.6. The van der Waals surface area contributed by atoms with Crippen molar-refractivity contribution in [3.05, 3.63) is 0 Å². The molecular weight excluding hydrogens is 198 g/mol. The lowest BCUT2D eigenvalue weighted by Crippen LogP contribution is -2.39. The molecule has 1 rings (SSSR count). The minimum atomic E-state index is -0.572. The number of carbonyl (C=O) groups is 3. The van der Waals surface area contributed by atoms with Gasteiger partial charge in [0.15, 0.2) is 0 Å². The summed E-state index contributed by atoms with van der Waals surface area (Å²) in [5.74, 6) is -1.11. The number of hydrogen-bond acceptors (Lipinski definition) is 4. The van der Waals surface area contributed by atoms with Gasteiger partial charge in [0.2, 0.25) is 5.91 Å². The van der Waals surface area contributed by atoms with E-state index in [0.717, 1.165) is 0 Å². The van der Waals surface area contributed by atoms with Gasteiger partial charge in [-0.25, -0.2) is 4.79 Å². The van der Waals surface area contributed by atoms with Crippen LogP contribution in [0, 0.1) is 5.92 Å². The molecule has 15 heavy (non-hydrogen) atoms. The highest BCUT2D eigenvalue weighted by molar-refractivity contribution is 6.00. The maximum Gasteiger partial charge on any atom is 0.328 e. The van der Waals surface area contributed by atoms with Gasteiger partial charge in [0.05, 0.1) is 13.0 Å². The van der Waals surface area contributed by atoms with E-state index in [1.54, 1.807) is 13.8 Å². The summed E-state index contributed by atoms with van der Waals surface area (Å²) in [6, 6.07) is -0.572. The summed E-state index contributed by atoms with van der Waals surface area (Å²) in [5, 5.41) is 2.48. The van der Waals surface area contributed by atoms with Crippen molar-refractivity contribution < 1.29 is 19.1 Å². The van der Waals surface area contributed by atoms with Gasteiger partial charge in [-0.05, 0) is 0 Å². The van der Waals surface area contributed by atoms with Crippen LogP contribution in [0.5, 0.6) is 0 Å². The van der Waals surface area contributed by atoms with Crippen LogP contribution in [-0.2, 0) is 19.1 Å². The zero-order chi connectivity index (χ0) is 11.4. The first-order valence-corrected chi connectivity index (χ1v) is 4.99. The summed E-state index contributed by atoms with van der Waals surface area (Å²) in [7, 11) is 0. The Labute approximate surface area is 88.2 Å². The normalized spacial score (nSPS) is 20.2. The first-order chi connectivity index (χ1) is 7.00. The SMILES string of the molecule is CC(C)C(=O)CC(=O)N[C@H]1CCOC1=O. The topological polar surface area (TPSA) is 72.5 Å². The number of amides is 1. The van der Waals surface area contributed by atoms with Crippen LogP contribution in [0.2, 0.25) is 0 Å². The van der Waals surface area contributed by atoms with Gasteiger partial charge < -0.3 is 10.1 Å². The fourth-order valence-electron chi connectivity index (χ4n) is 1.23. The van der Waals surface area contributed by atoms with Gasteiger partial charge in [0, 0.05) is 12.3 Å². The van der Waals surface area contributed by atoms with E-state index in [9.17, 15) is 14.4 Å². The third-order valence-electron chi connectivity index (χ3n) is 2.25. The van der Waals surface area contributed by atoms with Crippen LogP contribution in [0.1, 0.15) is 26.7 Å². The number of hydrogen-bond donors (Lipinski definition) is 1. The van der Waals surface area contributed by atoms with Crippen molar-refractivity contribution in [1.29, 1.82) is 0 Å². The summed E-state index contributed by atoms with van der Waals surface area (Å²) in [5.41, 5.74) is 0. The predicted octanol–water partition coefficient (Wildman–Crippen LogP) is 0.0333. The third-order valence-corrected chi connectivity index (χ3v) is 2.25. The van der Waals surface area contributed by atoms with Crippen LogP contribution in [-0.4, -0.2) is 30.3 Å². The Kier molecular flexibility index (Phi) is 3.82. The van der Waals surface area contributed by atoms with E-state index in [-0.39, 0.29) is 18.1 Å². The molecular formula is C10H15NO4. The van der Waals surface area contributed by atoms with Crippen molar-refractivity contribution >= 4 is 17.7 Å². The number of ether oxygens (including phenoxy) is 1. The highest BCUT2D eigenvalue weighted by Gasteiger charge is 2.28. The molecule has 1 fully saturated rings. The molecule has 1 aliphatic rings.